The van der Waals surface area contributed by atoms with Gasteiger partial charge in [-0.05, 0) is 24.1 Å². The zero-order valence-corrected chi connectivity index (χ0v) is 11.2. The van der Waals surface area contributed by atoms with Gasteiger partial charge in [0.15, 0.2) is 5.82 Å². The smallest absolute Gasteiger partial charge is 0.150 e. The van der Waals surface area contributed by atoms with Crippen LogP contribution in [0.15, 0.2) is 30.6 Å². The molecule has 18 heavy (non-hydrogen) atoms. The maximum Gasteiger partial charge on any atom is 0.150 e. The van der Waals surface area contributed by atoms with Crippen LogP contribution in [0.4, 0.5) is 0 Å². The molecule has 1 atom stereocenters. The minimum absolute atomic E-state index is 0.392. The molecule has 0 saturated heterocycles. The molecule has 0 fully saturated rings. The molecular formula is C12H12Cl2N4. The van der Waals surface area contributed by atoms with Gasteiger partial charge in [0.1, 0.15) is 6.04 Å². The molecule has 2 aromatic rings. The summed E-state index contributed by atoms with van der Waals surface area (Å²) in [6.45, 7) is 1.92. The van der Waals surface area contributed by atoms with Crippen molar-refractivity contribution >= 4 is 23.2 Å². The van der Waals surface area contributed by atoms with E-state index >= 15 is 0 Å². The van der Waals surface area contributed by atoms with Gasteiger partial charge in [0.25, 0.3) is 0 Å². The molecule has 0 aliphatic rings. The molecule has 4 nitrogen and oxygen atoms in total. The van der Waals surface area contributed by atoms with Gasteiger partial charge in [-0.25, -0.2) is 15.4 Å². The first-order valence-electron chi connectivity index (χ1n) is 5.32. The summed E-state index contributed by atoms with van der Waals surface area (Å²) in [5, 5.41) is 0.924. The quantitative estimate of drug-likeness (QED) is 0.671. The zero-order valence-electron chi connectivity index (χ0n) is 9.69. The van der Waals surface area contributed by atoms with Crippen LogP contribution in [0.3, 0.4) is 0 Å². The molecule has 1 heterocycles. The van der Waals surface area contributed by atoms with Gasteiger partial charge >= 0.3 is 0 Å². The number of hydrogen-bond donors (Lipinski definition) is 2. The second-order valence-corrected chi connectivity index (χ2v) is 4.65. The molecule has 0 aliphatic heterocycles. The van der Waals surface area contributed by atoms with E-state index in [4.69, 9.17) is 29.0 Å². The molecule has 0 amide bonds. The molecule has 94 valence electrons. The number of hydrazine groups is 1. The molecule has 3 N–H and O–H groups in total. The van der Waals surface area contributed by atoms with E-state index in [1.165, 1.54) is 0 Å². The predicted octanol–water partition coefficient (Wildman–Crippen LogP) is 2.64. The van der Waals surface area contributed by atoms with Crippen molar-refractivity contribution in [1.82, 2.24) is 15.4 Å². The first kappa shape index (κ1) is 13.2. The third-order valence-electron chi connectivity index (χ3n) is 2.52. The number of halogens is 2. The Balaban J connectivity index is 2.45. The van der Waals surface area contributed by atoms with Crippen molar-refractivity contribution in [2.45, 2.75) is 13.0 Å². The maximum atomic E-state index is 6.16. The first-order valence-corrected chi connectivity index (χ1v) is 6.07. The second-order valence-electron chi connectivity index (χ2n) is 3.86. The van der Waals surface area contributed by atoms with Crippen LogP contribution in [0, 0.1) is 6.92 Å². The van der Waals surface area contributed by atoms with Gasteiger partial charge in [0.05, 0.1) is 10.0 Å². The molecule has 0 saturated carbocycles. The third kappa shape index (κ3) is 2.62. The SMILES string of the molecule is Cc1cnc(C(NN)c2cccc(Cl)c2Cl)nc1. The van der Waals surface area contributed by atoms with Gasteiger partial charge in [-0.3, -0.25) is 5.84 Å². The lowest BCUT2D eigenvalue weighted by Gasteiger charge is -2.16. The van der Waals surface area contributed by atoms with Gasteiger partial charge in [-0.1, -0.05) is 35.3 Å². The van der Waals surface area contributed by atoms with Gasteiger partial charge in [-0.15, -0.1) is 0 Å². The van der Waals surface area contributed by atoms with Crippen molar-refractivity contribution in [3.8, 4) is 0 Å². The number of hydrogen-bond acceptors (Lipinski definition) is 4. The van der Waals surface area contributed by atoms with E-state index < -0.39 is 6.04 Å². The molecule has 0 bridgehead atoms. The Bertz CT molecular complexity index is 542. The number of nitrogens with two attached hydrogens (primary N) is 1. The van der Waals surface area contributed by atoms with Gasteiger partial charge in [0, 0.05) is 12.4 Å². The van der Waals surface area contributed by atoms with E-state index in [2.05, 4.69) is 15.4 Å². The Morgan fingerprint density at radius 1 is 1.22 bits per heavy atom. The predicted molar refractivity (Wildman–Crippen MR) is 72.4 cm³/mol. The summed E-state index contributed by atoms with van der Waals surface area (Å²) in [5.74, 6) is 6.11. The summed E-state index contributed by atoms with van der Waals surface area (Å²) in [7, 11) is 0. The number of aryl methyl sites for hydroxylation is 1. The monoisotopic (exact) mass is 282 g/mol. The Kier molecular flexibility index (Phi) is 4.14. The van der Waals surface area contributed by atoms with Crippen molar-refractivity contribution in [2.24, 2.45) is 5.84 Å². The highest BCUT2D eigenvalue weighted by Gasteiger charge is 2.19. The molecule has 0 spiro atoms. The van der Waals surface area contributed by atoms with Crippen LogP contribution in [0.25, 0.3) is 0 Å². The van der Waals surface area contributed by atoms with E-state index in [0.717, 1.165) is 11.1 Å². The highest BCUT2D eigenvalue weighted by molar-refractivity contribution is 6.42. The highest BCUT2D eigenvalue weighted by Crippen LogP contribution is 2.31. The molecule has 1 aromatic heterocycles. The van der Waals surface area contributed by atoms with Gasteiger partial charge in [0.2, 0.25) is 0 Å². The van der Waals surface area contributed by atoms with Crippen molar-refractivity contribution < 1.29 is 0 Å². The molecule has 0 aliphatic carbocycles. The number of nitrogens with zero attached hydrogens (tertiary/aromatic N) is 2. The number of rotatable bonds is 3. The van der Waals surface area contributed by atoms with E-state index in [1.807, 2.05) is 19.1 Å². The summed E-state index contributed by atoms with van der Waals surface area (Å²) >= 11 is 12.2. The Hall–Kier alpha value is -1.20. The molecule has 1 unspecified atom stereocenters. The minimum atomic E-state index is -0.392. The van der Waals surface area contributed by atoms with Crippen LogP contribution < -0.4 is 11.3 Å². The Morgan fingerprint density at radius 2 is 1.89 bits per heavy atom. The Labute approximate surface area is 115 Å². The standard InChI is InChI=1S/C12H12Cl2N4/c1-7-5-16-12(17-6-7)11(18-15)8-3-2-4-9(13)10(8)14/h2-6,11,18H,15H2,1H3. The van der Waals surface area contributed by atoms with Crippen LogP contribution in [0.2, 0.25) is 10.0 Å². The average molecular weight is 283 g/mol. The number of nitrogens with one attached hydrogen (secondary N) is 1. The van der Waals surface area contributed by atoms with Crippen molar-refractivity contribution in [3.63, 3.8) is 0 Å². The zero-order chi connectivity index (χ0) is 13.1. The molecule has 2 rings (SSSR count). The van der Waals surface area contributed by atoms with Crippen LogP contribution >= 0.6 is 23.2 Å². The van der Waals surface area contributed by atoms with Crippen LogP contribution in [0.1, 0.15) is 23.0 Å². The molecule has 6 heteroatoms. The second kappa shape index (κ2) is 5.63. The number of benzene rings is 1. The Morgan fingerprint density at radius 3 is 2.50 bits per heavy atom. The van der Waals surface area contributed by atoms with E-state index in [1.54, 1.807) is 18.5 Å². The molecular weight excluding hydrogens is 271 g/mol. The normalized spacial score (nSPS) is 12.4. The van der Waals surface area contributed by atoms with Crippen LogP contribution in [0.5, 0.6) is 0 Å². The summed E-state index contributed by atoms with van der Waals surface area (Å²) in [6, 6.07) is 4.97. The highest BCUT2D eigenvalue weighted by atomic mass is 35.5. The average Bonchev–Trinajstić information content (AvgIpc) is 2.37. The largest absolute Gasteiger partial charge is 0.270 e. The van der Waals surface area contributed by atoms with Crippen LogP contribution in [-0.4, -0.2) is 9.97 Å². The summed E-state index contributed by atoms with van der Waals surface area (Å²) < 4.78 is 0. The van der Waals surface area contributed by atoms with Crippen molar-refractivity contribution in [2.75, 3.05) is 0 Å². The fourth-order valence-electron chi connectivity index (χ4n) is 1.60. The summed E-state index contributed by atoms with van der Waals surface area (Å²) in [4.78, 5) is 8.48. The summed E-state index contributed by atoms with van der Waals surface area (Å²) in [6.07, 6.45) is 3.45. The number of aromatic nitrogens is 2. The lowest BCUT2D eigenvalue weighted by molar-refractivity contribution is 0.601. The minimum Gasteiger partial charge on any atom is -0.270 e. The van der Waals surface area contributed by atoms with E-state index in [0.29, 0.717) is 15.9 Å². The molecule has 1 aromatic carbocycles. The van der Waals surface area contributed by atoms with Crippen molar-refractivity contribution in [3.05, 3.63) is 57.6 Å². The van der Waals surface area contributed by atoms with Gasteiger partial charge < -0.3 is 0 Å². The third-order valence-corrected chi connectivity index (χ3v) is 3.35. The lowest BCUT2D eigenvalue weighted by atomic mass is 10.1. The fraction of sp³-hybridized carbons (Fsp3) is 0.167. The topological polar surface area (TPSA) is 63.8 Å². The lowest BCUT2D eigenvalue weighted by Crippen LogP contribution is -2.30. The summed E-state index contributed by atoms with van der Waals surface area (Å²) in [5.41, 5.74) is 4.38. The van der Waals surface area contributed by atoms with Crippen LogP contribution in [-0.2, 0) is 0 Å². The van der Waals surface area contributed by atoms with E-state index in [9.17, 15) is 0 Å². The molecule has 0 radical (unpaired) electrons. The van der Waals surface area contributed by atoms with Crippen molar-refractivity contribution in [1.29, 1.82) is 0 Å². The maximum absolute atomic E-state index is 6.16. The van der Waals surface area contributed by atoms with Gasteiger partial charge in [-0.2, -0.15) is 0 Å². The van der Waals surface area contributed by atoms with E-state index in [-0.39, 0.29) is 0 Å². The fourth-order valence-corrected chi connectivity index (χ4v) is 2.02. The first-order chi connectivity index (χ1) is 8.63.